The molecule has 3 rings (SSSR count). The fraction of sp³-hybridized carbons (Fsp3) is 0.250. The van der Waals surface area contributed by atoms with Crippen LogP contribution in [0.2, 0.25) is 5.02 Å². The molecule has 11 heteroatoms. The van der Waals surface area contributed by atoms with Gasteiger partial charge in [0.15, 0.2) is 28.2 Å². The summed E-state index contributed by atoms with van der Waals surface area (Å²) in [7, 11) is -4.92. The maximum absolute atomic E-state index is 13.9. The van der Waals surface area contributed by atoms with Crippen LogP contribution < -0.4 is 4.90 Å². The monoisotopic (exact) mass is 426 g/mol. The summed E-state index contributed by atoms with van der Waals surface area (Å²) in [6.07, 6.45) is 0. The fourth-order valence-electron chi connectivity index (χ4n) is 2.82. The molecule has 4 nitrogen and oxygen atoms in total. The van der Waals surface area contributed by atoms with Gasteiger partial charge in [-0.05, 0) is 12.1 Å². The molecule has 2 aromatic carbocycles. The van der Waals surface area contributed by atoms with Gasteiger partial charge in [0.05, 0.1) is 10.7 Å². The summed E-state index contributed by atoms with van der Waals surface area (Å²) in [5.41, 5.74) is 0.646. The van der Waals surface area contributed by atoms with Crippen LogP contribution in [0.15, 0.2) is 29.2 Å². The zero-order valence-corrected chi connectivity index (χ0v) is 15.1. The van der Waals surface area contributed by atoms with E-state index in [1.165, 1.54) is 0 Å². The van der Waals surface area contributed by atoms with Crippen molar-refractivity contribution in [2.75, 3.05) is 31.1 Å². The number of para-hydroxylation sites is 1. The van der Waals surface area contributed by atoms with Crippen LogP contribution in [0.5, 0.6) is 0 Å². The van der Waals surface area contributed by atoms with Gasteiger partial charge in [0.1, 0.15) is 0 Å². The maximum atomic E-state index is 13.9. The van der Waals surface area contributed by atoms with Crippen molar-refractivity contribution >= 4 is 27.3 Å². The molecule has 0 unspecified atom stereocenters. The van der Waals surface area contributed by atoms with Crippen LogP contribution >= 0.6 is 11.6 Å². The van der Waals surface area contributed by atoms with E-state index >= 15 is 0 Å². The molecule has 1 heterocycles. The molecule has 2 aromatic rings. The minimum Gasteiger partial charge on any atom is -0.368 e. The molecule has 0 atom stereocenters. The third-order valence-electron chi connectivity index (χ3n) is 4.20. The van der Waals surface area contributed by atoms with E-state index in [2.05, 4.69) is 0 Å². The van der Waals surface area contributed by atoms with E-state index in [1.807, 2.05) is 0 Å². The largest absolute Gasteiger partial charge is 0.368 e. The van der Waals surface area contributed by atoms with Gasteiger partial charge in [0.25, 0.3) is 0 Å². The molecule has 0 aliphatic carbocycles. The molecule has 0 saturated carbocycles. The summed E-state index contributed by atoms with van der Waals surface area (Å²) < 4.78 is 93.3. The average Bonchev–Trinajstić information content (AvgIpc) is 2.65. The quantitative estimate of drug-likeness (QED) is 0.428. The average molecular weight is 427 g/mol. The van der Waals surface area contributed by atoms with Crippen molar-refractivity contribution in [1.29, 1.82) is 0 Å². The second kappa shape index (κ2) is 7.25. The molecule has 146 valence electrons. The van der Waals surface area contributed by atoms with Gasteiger partial charge in [-0.3, -0.25) is 0 Å². The lowest BCUT2D eigenvalue weighted by atomic mass is 10.2. The summed E-state index contributed by atoms with van der Waals surface area (Å²) >= 11 is 6.08. The van der Waals surface area contributed by atoms with Crippen LogP contribution in [0.25, 0.3) is 0 Å². The first-order valence-corrected chi connectivity index (χ1v) is 9.49. The summed E-state index contributed by atoms with van der Waals surface area (Å²) in [5.74, 6) is -11.8. The number of hydrogen-bond donors (Lipinski definition) is 0. The molecule has 0 spiro atoms. The highest BCUT2D eigenvalue weighted by Crippen LogP contribution is 2.31. The molecule has 1 aliphatic heterocycles. The predicted molar refractivity (Wildman–Crippen MR) is 88.7 cm³/mol. The third-order valence-corrected chi connectivity index (χ3v) is 6.44. The Labute approximate surface area is 156 Å². The first-order valence-electron chi connectivity index (χ1n) is 7.67. The molecular weight excluding hydrogens is 415 g/mol. The lowest BCUT2D eigenvalue weighted by molar-refractivity contribution is 0.344. The molecule has 0 amide bonds. The van der Waals surface area contributed by atoms with Crippen molar-refractivity contribution in [2.24, 2.45) is 0 Å². The number of benzene rings is 2. The molecule has 1 aliphatic rings. The zero-order chi connectivity index (χ0) is 19.9. The van der Waals surface area contributed by atoms with Gasteiger partial charge in [0.2, 0.25) is 15.8 Å². The van der Waals surface area contributed by atoms with Gasteiger partial charge in [-0.2, -0.15) is 4.31 Å². The van der Waals surface area contributed by atoms with Crippen molar-refractivity contribution in [3.8, 4) is 0 Å². The van der Waals surface area contributed by atoms with E-state index in [1.54, 1.807) is 29.2 Å². The van der Waals surface area contributed by atoms with Crippen LogP contribution in [0, 0.1) is 29.1 Å². The van der Waals surface area contributed by atoms with Crippen molar-refractivity contribution in [1.82, 2.24) is 4.31 Å². The SMILES string of the molecule is O=S(=O)(c1c(F)c(F)c(F)c(F)c1F)N1CCN(c2ccccc2Cl)CC1. The first kappa shape index (κ1) is 19.8. The maximum Gasteiger partial charge on any atom is 0.249 e. The molecule has 27 heavy (non-hydrogen) atoms. The molecule has 0 N–H and O–H groups in total. The second-order valence-corrected chi connectivity index (χ2v) is 8.02. The molecule has 0 radical (unpaired) electrons. The zero-order valence-electron chi connectivity index (χ0n) is 13.5. The lowest BCUT2D eigenvalue weighted by Crippen LogP contribution is -2.49. The normalized spacial score (nSPS) is 16.0. The van der Waals surface area contributed by atoms with E-state index in [4.69, 9.17) is 11.6 Å². The van der Waals surface area contributed by atoms with E-state index in [-0.39, 0.29) is 26.2 Å². The second-order valence-electron chi connectivity index (χ2n) is 5.74. The number of anilines is 1. The predicted octanol–water partition coefficient (Wildman–Crippen LogP) is 3.55. The third kappa shape index (κ3) is 3.37. The smallest absolute Gasteiger partial charge is 0.249 e. The first-order chi connectivity index (χ1) is 12.7. The standard InChI is InChI=1S/C16H12ClF5N2O2S/c17-9-3-1-2-4-10(9)23-5-7-24(8-6-23)27(25,26)16-14(21)12(19)11(18)13(20)15(16)22/h1-4H,5-8H2. The summed E-state index contributed by atoms with van der Waals surface area (Å²) in [6.45, 7) is -0.184. The number of hydrogen-bond acceptors (Lipinski definition) is 3. The van der Waals surface area contributed by atoms with Crippen LogP contribution in [-0.2, 0) is 10.0 Å². The summed E-state index contributed by atoms with van der Waals surface area (Å²) in [5, 5.41) is 0.438. The number of nitrogens with zero attached hydrogens (tertiary/aromatic N) is 2. The highest BCUT2D eigenvalue weighted by atomic mass is 35.5. The van der Waals surface area contributed by atoms with E-state index in [0.29, 0.717) is 15.0 Å². The fourth-order valence-corrected chi connectivity index (χ4v) is 4.61. The Morgan fingerprint density at radius 2 is 1.26 bits per heavy atom. The van der Waals surface area contributed by atoms with Crippen LogP contribution in [0.4, 0.5) is 27.6 Å². The van der Waals surface area contributed by atoms with Crippen molar-refractivity contribution in [2.45, 2.75) is 4.90 Å². The van der Waals surface area contributed by atoms with E-state index in [0.717, 1.165) is 0 Å². The van der Waals surface area contributed by atoms with Crippen molar-refractivity contribution < 1.29 is 30.4 Å². The molecule has 0 bridgehead atoms. The van der Waals surface area contributed by atoms with Gasteiger partial charge >= 0.3 is 0 Å². The topological polar surface area (TPSA) is 40.6 Å². The number of rotatable bonds is 3. The Hall–Kier alpha value is -1.91. The summed E-state index contributed by atoms with van der Waals surface area (Å²) in [6, 6.07) is 6.82. The van der Waals surface area contributed by atoms with Crippen molar-refractivity contribution in [3.63, 3.8) is 0 Å². The van der Waals surface area contributed by atoms with Crippen LogP contribution in [0.3, 0.4) is 0 Å². The van der Waals surface area contributed by atoms with E-state index < -0.39 is 44.0 Å². The molecular formula is C16H12ClF5N2O2S. The number of piperazine rings is 1. The molecule has 0 aromatic heterocycles. The van der Waals surface area contributed by atoms with Gasteiger partial charge in [-0.25, -0.2) is 30.4 Å². The van der Waals surface area contributed by atoms with Gasteiger partial charge in [-0.15, -0.1) is 0 Å². The Kier molecular flexibility index (Phi) is 5.33. The number of halogens is 6. The Morgan fingerprint density at radius 3 is 1.78 bits per heavy atom. The Balaban J connectivity index is 1.90. The minimum absolute atomic E-state index is 0.123. The molecule has 1 fully saturated rings. The Morgan fingerprint density at radius 1 is 0.778 bits per heavy atom. The van der Waals surface area contributed by atoms with E-state index in [9.17, 15) is 30.4 Å². The Bertz CT molecular complexity index is 966. The van der Waals surface area contributed by atoms with Crippen LogP contribution in [0.1, 0.15) is 0 Å². The van der Waals surface area contributed by atoms with Gasteiger partial charge in [0, 0.05) is 26.2 Å². The highest BCUT2D eigenvalue weighted by molar-refractivity contribution is 7.89. The van der Waals surface area contributed by atoms with Crippen LogP contribution in [-0.4, -0.2) is 38.9 Å². The minimum atomic E-state index is -4.92. The molecule has 1 saturated heterocycles. The lowest BCUT2D eigenvalue weighted by Gasteiger charge is -2.35. The number of sulfonamides is 1. The van der Waals surface area contributed by atoms with Gasteiger partial charge < -0.3 is 4.90 Å². The van der Waals surface area contributed by atoms with Gasteiger partial charge in [-0.1, -0.05) is 23.7 Å². The van der Waals surface area contributed by atoms with Crippen molar-refractivity contribution in [3.05, 3.63) is 58.4 Å². The highest BCUT2D eigenvalue weighted by Gasteiger charge is 2.38. The summed E-state index contributed by atoms with van der Waals surface area (Å²) in [4.78, 5) is -0.0857.